The van der Waals surface area contributed by atoms with Crippen LogP contribution in [0.3, 0.4) is 0 Å². The molecule has 10 heteroatoms. The zero-order chi connectivity index (χ0) is 14.6. The van der Waals surface area contributed by atoms with E-state index in [0.29, 0.717) is 22.6 Å². The van der Waals surface area contributed by atoms with Gasteiger partial charge in [0, 0.05) is 48.8 Å². The Bertz CT molecular complexity index is 569. The Morgan fingerprint density at radius 2 is 1.91 bits per heavy atom. The van der Waals surface area contributed by atoms with Crippen LogP contribution in [0.2, 0.25) is 5.02 Å². The maximum atomic E-state index is 12.2. The van der Waals surface area contributed by atoms with Crippen LogP contribution in [0.4, 0.5) is 0 Å². The van der Waals surface area contributed by atoms with Crippen LogP contribution in [-0.4, -0.2) is 52.6 Å². The molecule has 1 saturated heterocycles. The standard InChI is InChI=1S/C12H17BrClN3O2S.2ClH/c13-11-9-10(14)1-2-12(11)20(18,19)16-5-8-17-6-3-15-4-7-17;;/h1-2,9,15-16H,3-8H2;2*1H. The number of halogens is 4. The predicted octanol–water partition coefficient (Wildman–Crippen LogP) is 2.13. The van der Waals surface area contributed by atoms with Crippen molar-refractivity contribution >= 4 is 62.4 Å². The number of benzene rings is 1. The molecule has 0 atom stereocenters. The molecule has 0 unspecified atom stereocenters. The molecule has 0 saturated carbocycles. The minimum absolute atomic E-state index is 0. The Hall–Kier alpha value is 0.400. The first-order valence-electron chi connectivity index (χ1n) is 6.37. The van der Waals surface area contributed by atoms with Crippen molar-refractivity contribution in [3.05, 3.63) is 27.7 Å². The summed E-state index contributed by atoms with van der Waals surface area (Å²) < 4.78 is 27.5. The Morgan fingerprint density at radius 1 is 1.27 bits per heavy atom. The van der Waals surface area contributed by atoms with Crippen LogP contribution in [0.15, 0.2) is 27.6 Å². The Labute approximate surface area is 157 Å². The summed E-state index contributed by atoms with van der Waals surface area (Å²) >= 11 is 9.04. The van der Waals surface area contributed by atoms with Crippen LogP contribution in [0.5, 0.6) is 0 Å². The van der Waals surface area contributed by atoms with Crippen molar-refractivity contribution in [3.63, 3.8) is 0 Å². The van der Waals surface area contributed by atoms with E-state index in [-0.39, 0.29) is 29.7 Å². The molecule has 0 aromatic heterocycles. The lowest BCUT2D eigenvalue weighted by molar-refractivity contribution is 0.245. The van der Waals surface area contributed by atoms with Crippen LogP contribution in [0.1, 0.15) is 0 Å². The van der Waals surface area contributed by atoms with Crippen molar-refractivity contribution in [2.24, 2.45) is 0 Å². The smallest absolute Gasteiger partial charge is 0.241 e. The molecule has 1 aromatic rings. The lowest BCUT2D eigenvalue weighted by Crippen LogP contribution is -2.46. The quantitative estimate of drug-likeness (QED) is 0.714. The highest BCUT2D eigenvalue weighted by Crippen LogP contribution is 2.25. The summed E-state index contributed by atoms with van der Waals surface area (Å²) in [6, 6.07) is 4.64. The number of nitrogens with zero attached hydrogens (tertiary/aromatic N) is 1. The van der Waals surface area contributed by atoms with E-state index in [1.165, 1.54) is 6.07 Å². The molecule has 0 spiro atoms. The van der Waals surface area contributed by atoms with E-state index >= 15 is 0 Å². The van der Waals surface area contributed by atoms with Gasteiger partial charge in [-0.3, -0.25) is 4.90 Å². The van der Waals surface area contributed by atoms with E-state index in [1.807, 2.05) is 0 Å². The second-order valence-electron chi connectivity index (χ2n) is 4.56. The van der Waals surface area contributed by atoms with Gasteiger partial charge >= 0.3 is 0 Å². The maximum Gasteiger partial charge on any atom is 0.241 e. The minimum Gasteiger partial charge on any atom is -0.314 e. The molecule has 1 heterocycles. The third kappa shape index (κ3) is 6.49. The van der Waals surface area contributed by atoms with E-state index in [1.54, 1.807) is 12.1 Å². The van der Waals surface area contributed by atoms with Crippen LogP contribution in [0, 0.1) is 0 Å². The first kappa shape index (κ1) is 22.4. The summed E-state index contributed by atoms with van der Waals surface area (Å²) in [5.74, 6) is 0. The second-order valence-corrected chi connectivity index (χ2v) is 7.59. The molecule has 0 radical (unpaired) electrons. The minimum atomic E-state index is -3.51. The first-order chi connectivity index (χ1) is 9.49. The molecular weight excluding hydrogens is 436 g/mol. The molecule has 0 aliphatic carbocycles. The summed E-state index contributed by atoms with van der Waals surface area (Å²) in [5, 5.41) is 3.76. The summed E-state index contributed by atoms with van der Waals surface area (Å²) in [4.78, 5) is 2.44. The van der Waals surface area contributed by atoms with E-state index < -0.39 is 10.0 Å². The summed E-state index contributed by atoms with van der Waals surface area (Å²) in [7, 11) is -3.51. The van der Waals surface area contributed by atoms with Crippen molar-refractivity contribution in [2.75, 3.05) is 39.3 Å². The van der Waals surface area contributed by atoms with E-state index in [0.717, 1.165) is 26.2 Å². The molecule has 0 amide bonds. The molecular formula is C12H19BrCl3N3O2S. The largest absolute Gasteiger partial charge is 0.314 e. The first-order valence-corrected chi connectivity index (χ1v) is 9.02. The van der Waals surface area contributed by atoms with Gasteiger partial charge in [0.05, 0.1) is 4.90 Å². The van der Waals surface area contributed by atoms with Gasteiger partial charge in [-0.05, 0) is 34.1 Å². The SMILES string of the molecule is Cl.Cl.O=S(=O)(NCCN1CCNCC1)c1ccc(Cl)cc1Br. The molecule has 2 rings (SSSR count). The van der Waals surface area contributed by atoms with Gasteiger partial charge in [0.25, 0.3) is 0 Å². The highest BCUT2D eigenvalue weighted by atomic mass is 79.9. The maximum absolute atomic E-state index is 12.2. The van der Waals surface area contributed by atoms with Crippen molar-refractivity contribution in [1.29, 1.82) is 0 Å². The molecule has 2 N–H and O–H groups in total. The van der Waals surface area contributed by atoms with E-state index in [9.17, 15) is 8.42 Å². The average molecular weight is 456 g/mol. The molecule has 1 aliphatic heterocycles. The van der Waals surface area contributed by atoms with Gasteiger partial charge in [-0.2, -0.15) is 0 Å². The highest BCUT2D eigenvalue weighted by Gasteiger charge is 2.18. The predicted molar refractivity (Wildman–Crippen MR) is 98.1 cm³/mol. The van der Waals surface area contributed by atoms with Crippen molar-refractivity contribution in [3.8, 4) is 0 Å². The third-order valence-corrected chi connectivity index (χ3v) is 5.79. The molecule has 0 bridgehead atoms. The number of hydrogen-bond donors (Lipinski definition) is 2. The van der Waals surface area contributed by atoms with Gasteiger partial charge in [0.2, 0.25) is 10.0 Å². The molecule has 128 valence electrons. The Kier molecular flexibility index (Phi) is 10.5. The monoisotopic (exact) mass is 453 g/mol. The lowest BCUT2D eigenvalue weighted by atomic mass is 10.3. The zero-order valence-electron chi connectivity index (χ0n) is 11.7. The third-order valence-electron chi connectivity index (χ3n) is 3.11. The van der Waals surface area contributed by atoms with Gasteiger partial charge in [0.15, 0.2) is 0 Å². The lowest BCUT2D eigenvalue weighted by Gasteiger charge is -2.27. The van der Waals surface area contributed by atoms with Crippen LogP contribution in [0.25, 0.3) is 0 Å². The number of sulfonamides is 1. The van der Waals surface area contributed by atoms with Crippen molar-refractivity contribution < 1.29 is 8.42 Å². The molecule has 1 aliphatic rings. The van der Waals surface area contributed by atoms with E-state index in [2.05, 4.69) is 30.9 Å². The van der Waals surface area contributed by atoms with Gasteiger partial charge in [-0.25, -0.2) is 13.1 Å². The fourth-order valence-electron chi connectivity index (χ4n) is 2.04. The molecule has 22 heavy (non-hydrogen) atoms. The van der Waals surface area contributed by atoms with Crippen molar-refractivity contribution in [2.45, 2.75) is 4.90 Å². The molecule has 1 aromatic carbocycles. The Balaban J connectivity index is 0.00000220. The fraction of sp³-hybridized carbons (Fsp3) is 0.500. The van der Waals surface area contributed by atoms with Gasteiger partial charge in [-0.15, -0.1) is 24.8 Å². The summed E-state index contributed by atoms with van der Waals surface area (Å²) in [6.07, 6.45) is 0. The van der Waals surface area contributed by atoms with Gasteiger partial charge in [-0.1, -0.05) is 11.6 Å². The number of hydrogen-bond acceptors (Lipinski definition) is 4. The van der Waals surface area contributed by atoms with Gasteiger partial charge < -0.3 is 5.32 Å². The molecule has 1 fully saturated rings. The van der Waals surface area contributed by atoms with Gasteiger partial charge in [0.1, 0.15) is 0 Å². The van der Waals surface area contributed by atoms with Crippen LogP contribution < -0.4 is 10.0 Å². The number of nitrogens with one attached hydrogen (secondary N) is 2. The number of rotatable bonds is 5. The second kappa shape index (κ2) is 10.3. The molecule has 5 nitrogen and oxygen atoms in total. The highest BCUT2D eigenvalue weighted by molar-refractivity contribution is 9.10. The fourth-order valence-corrected chi connectivity index (χ4v) is 4.44. The average Bonchev–Trinajstić information content (AvgIpc) is 2.39. The number of piperazine rings is 1. The Morgan fingerprint density at radius 3 is 2.50 bits per heavy atom. The van der Waals surface area contributed by atoms with E-state index in [4.69, 9.17) is 11.6 Å². The van der Waals surface area contributed by atoms with Crippen LogP contribution in [-0.2, 0) is 10.0 Å². The normalized spacial score (nSPS) is 15.7. The summed E-state index contributed by atoms with van der Waals surface area (Å²) in [5.41, 5.74) is 0. The zero-order valence-corrected chi connectivity index (χ0v) is 16.5. The van der Waals surface area contributed by atoms with Crippen LogP contribution >= 0.6 is 52.3 Å². The summed E-state index contributed by atoms with van der Waals surface area (Å²) in [6.45, 7) is 4.92. The van der Waals surface area contributed by atoms with Crippen molar-refractivity contribution in [1.82, 2.24) is 14.9 Å². The topological polar surface area (TPSA) is 61.4 Å².